The van der Waals surface area contributed by atoms with Crippen LogP contribution >= 0.6 is 0 Å². The molecule has 1 aromatic carbocycles. The molecule has 2 rings (SSSR count). The summed E-state index contributed by atoms with van der Waals surface area (Å²) < 4.78 is 0. The third-order valence-corrected chi connectivity index (χ3v) is 4.26. The summed E-state index contributed by atoms with van der Waals surface area (Å²) in [5, 5.41) is 10.2. The number of anilines is 1. The van der Waals surface area contributed by atoms with Gasteiger partial charge in [-0.25, -0.2) is 0 Å². The quantitative estimate of drug-likeness (QED) is 0.908. The first-order chi connectivity index (χ1) is 10.3. The van der Waals surface area contributed by atoms with Crippen molar-refractivity contribution in [2.45, 2.75) is 45.1 Å². The summed E-state index contributed by atoms with van der Waals surface area (Å²) in [5.74, 6) is 0.163. The van der Waals surface area contributed by atoms with E-state index in [0.717, 1.165) is 18.7 Å². The molecule has 1 aliphatic rings. The van der Waals surface area contributed by atoms with Crippen molar-refractivity contribution in [3.05, 3.63) is 29.8 Å². The Morgan fingerprint density at radius 2 is 1.91 bits per heavy atom. The smallest absolute Gasteiger partial charge is 0.222 e. The van der Waals surface area contributed by atoms with Crippen LogP contribution in [0.3, 0.4) is 0 Å². The highest BCUT2D eigenvalue weighted by atomic mass is 16.3. The van der Waals surface area contributed by atoms with Crippen LogP contribution in [0, 0.1) is 0 Å². The van der Waals surface area contributed by atoms with E-state index in [1.165, 1.54) is 5.56 Å². The molecule has 1 saturated heterocycles. The number of likely N-dealkylation sites (tertiary alicyclic amines) is 1. The van der Waals surface area contributed by atoms with E-state index in [2.05, 4.69) is 45.0 Å². The highest BCUT2D eigenvalue weighted by Gasteiger charge is 2.23. The largest absolute Gasteiger partial charge is 0.389 e. The topological polar surface area (TPSA) is 43.8 Å². The van der Waals surface area contributed by atoms with E-state index in [9.17, 15) is 9.90 Å². The first-order valence-electron chi connectivity index (χ1n) is 8.05. The van der Waals surface area contributed by atoms with Gasteiger partial charge in [-0.3, -0.25) is 4.79 Å². The highest BCUT2D eigenvalue weighted by molar-refractivity contribution is 5.78. The van der Waals surface area contributed by atoms with Crippen LogP contribution in [0.1, 0.15) is 39.2 Å². The molecule has 0 spiro atoms. The summed E-state index contributed by atoms with van der Waals surface area (Å²) in [6, 6.07) is 8.47. The Hall–Kier alpha value is -1.55. The zero-order valence-corrected chi connectivity index (χ0v) is 14.2. The summed E-state index contributed by atoms with van der Waals surface area (Å²) in [4.78, 5) is 15.4. The normalized spacial score (nSPS) is 17.0. The van der Waals surface area contributed by atoms with Crippen molar-refractivity contribution in [3.8, 4) is 0 Å². The molecule has 0 aromatic heterocycles. The number of hydrogen-bond acceptors (Lipinski definition) is 3. The number of likely N-dealkylation sites (N-methyl/N-ethyl adjacent to an activating group) is 1. The van der Waals surface area contributed by atoms with Gasteiger partial charge in [0, 0.05) is 38.8 Å². The molecule has 1 amide bonds. The summed E-state index contributed by atoms with van der Waals surface area (Å²) >= 11 is 0. The van der Waals surface area contributed by atoms with E-state index >= 15 is 0 Å². The van der Waals surface area contributed by atoms with Crippen molar-refractivity contribution >= 4 is 11.6 Å². The number of aliphatic hydroxyl groups is 1. The third-order valence-electron chi connectivity index (χ3n) is 4.26. The minimum absolute atomic E-state index is 0.146. The molecule has 1 heterocycles. The van der Waals surface area contributed by atoms with Crippen molar-refractivity contribution in [1.29, 1.82) is 0 Å². The molecular weight excluding hydrogens is 276 g/mol. The number of rotatable bonds is 5. The van der Waals surface area contributed by atoms with E-state index in [0.29, 0.717) is 19.5 Å². The van der Waals surface area contributed by atoms with Crippen molar-refractivity contribution in [2.75, 3.05) is 31.6 Å². The highest BCUT2D eigenvalue weighted by Crippen LogP contribution is 2.24. The number of nitrogens with zero attached hydrogens (tertiary/aromatic N) is 2. The Balaban J connectivity index is 1.91. The van der Waals surface area contributed by atoms with Crippen LogP contribution in [-0.4, -0.2) is 48.7 Å². The minimum Gasteiger partial charge on any atom is -0.389 e. The lowest BCUT2D eigenvalue weighted by Crippen LogP contribution is -2.39. The Morgan fingerprint density at radius 1 is 1.27 bits per heavy atom. The molecule has 4 heteroatoms. The van der Waals surface area contributed by atoms with Crippen LogP contribution < -0.4 is 4.90 Å². The molecule has 0 aliphatic carbocycles. The van der Waals surface area contributed by atoms with E-state index < -0.39 is 6.10 Å². The number of amides is 1. The van der Waals surface area contributed by atoms with Gasteiger partial charge in [-0.05, 0) is 29.5 Å². The van der Waals surface area contributed by atoms with Gasteiger partial charge >= 0.3 is 0 Å². The first-order valence-corrected chi connectivity index (χ1v) is 8.05. The molecular formula is C18H28N2O2. The number of carbonyl (C=O) groups excluding carboxylic acids is 1. The average Bonchev–Trinajstić information content (AvgIpc) is 2.83. The molecule has 4 nitrogen and oxygen atoms in total. The molecule has 0 saturated carbocycles. The van der Waals surface area contributed by atoms with Gasteiger partial charge < -0.3 is 14.9 Å². The standard InChI is InChI=1S/C18H28N2O2/c1-18(2,3)14-7-9-15(10-8-14)19(4)12-16(21)13-20-11-5-6-17(20)22/h7-10,16,21H,5-6,11-13H2,1-4H3. The molecule has 1 N–H and O–H groups in total. The van der Waals surface area contributed by atoms with Gasteiger partial charge in [0.1, 0.15) is 0 Å². The SMILES string of the molecule is CN(CC(O)CN1CCCC1=O)c1ccc(C(C)(C)C)cc1. The maximum Gasteiger partial charge on any atom is 0.222 e. The number of β-amino-alcohol motifs (C(OH)–C–C–N with tert-alkyl or cyclic N) is 1. The van der Waals surface area contributed by atoms with Gasteiger partial charge in [-0.1, -0.05) is 32.9 Å². The van der Waals surface area contributed by atoms with Gasteiger partial charge in [0.15, 0.2) is 0 Å². The second-order valence-corrected chi connectivity index (χ2v) is 7.27. The lowest BCUT2D eigenvalue weighted by Gasteiger charge is -2.27. The Labute approximate surface area is 133 Å². The summed E-state index contributed by atoms with van der Waals surface area (Å²) in [5.41, 5.74) is 2.53. The predicted molar refractivity (Wildman–Crippen MR) is 90.2 cm³/mol. The lowest BCUT2D eigenvalue weighted by molar-refractivity contribution is -0.128. The second kappa shape index (κ2) is 6.69. The molecule has 1 unspecified atom stereocenters. The summed E-state index contributed by atoms with van der Waals surface area (Å²) in [6.07, 6.45) is 1.02. The molecule has 1 fully saturated rings. The van der Waals surface area contributed by atoms with Crippen LogP contribution in [0.15, 0.2) is 24.3 Å². The van der Waals surface area contributed by atoms with Crippen LogP contribution in [0.5, 0.6) is 0 Å². The summed E-state index contributed by atoms with van der Waals surface area (Å²) in [6.45, 7) is 8.33. The van der Waals surface area contributed by atoms with Crippen molar-refractivity contribution in [2.24, 2.45) is 0 Å². The Bertz CT molecular complexity index is 505. The zero-order chi connectivity index (χ0) is 16.3. The van der Waals surface area contributed by atoms with Gasteiger partial charge in [0.2, 0.25) is 5.91 Å². The van der Waals surface area contributed by atoms with Crippen LogP contribution in [-0.2, 0) is 10.2 Å². The van der Waals surface area contributed by atoms with E-state index in [1.807, 2.05) is 11.9 Å². The van der Waals surface area contributed by atoms with E-state index in [4.69, 9.17) is 0 Å². The summed E-state index contributed by atoms with van der Waals surface area (Å²) in [7, 11) is 1.97. The van der Waals surface area contributed by atoms with Crippen LogP contribution in [0.2, 0.25) is 0 Å². The van der Waals surface area contributed by atoms with Crippen molar-refractivity contribution < 1.29 is 9.90 Å². The van der Waals surface area contributed by atoms with Gasteiger partial charge in [-0.2, -0.15) is 0 Å². The third kappa shape index (κ3) is 4.23. The van der Waals surface area contributed by atoms with Gasteiger partial charge in [-0.15, -0.1) is 0 Å². The molecule has 22 heavy (non-hydrogen) atoms. The number of carbonyl (C=O) groups is 1. The molecule has 122 valence electrons. The lowest BCUT2D eigenvalue weighted by atomic mass is 9.87. The van der Waals surface area contributed by atoms with E-state index in [-0.39, 0.29) is 11.3 Å². The number of benzene rings is 1. The second-order valence-electron chi connectivity index (χ2n) is 7.27. The molecule has 0 bridgehead atoms. The van der Waals surface area contributed by atoms with E-state index in [1.54, 1.807) is 4.90 Å². The predicted octanol–water partition coefficient (Wildman–Crippen LogP) is 2.40. The monoisotopic (exact) mass is 304 g/mol. The fourth-order valence-corrected chi connectivity index (χ4v) is 2.85. The zero-order valence-electron chi connectivity index (χ0n) is 14.2. The van der Waals surface area contributed by atoms with Gasteiger partial charge in [0.25, 0.3) is 0 Å². The first kappa shape index (κ1) is 16.8. The molecule has 1 atom stereocenters. The fourth-order valence-electron chi connectivity index (χ4n) is 2.85. The van der Waals surface area contributed by atoms with Crippen molar-refractivity contribution in [3.63, 3.8) is 0 Å². The Morgan fingerprint density at radius 3 is 2.41 bits per heavy atom. The van der Waals surface area contributed by atoms with Crippen molar-refractivity contribution in [1.82, 2.24) is 4.90 Å². The number of aliphatic hydroxyl groups excluding tert-OH is 1. The molecule has 1 aromatic rings. The Kier molecular flexibility index (Phi) is 5.12. The molecule has 1 aliphatic heterocycles. The molecule has 0 radical (unpaired) electrons. The minimum atomic E-state index is -0.519. The number of hydrogen-bond donors (Lipinski definition) is 1. The van der Waals surface area contributed by atoms with Crippen LogP contribution in [0.4, 0.5) is 5.69 Å². The fraction of sp³-hybridized carbons (Fsp3) is 0.611. The van der Waals surface area contributed by atoms with Gasteiger partial charge in [0.05, 0.1) is 6.10 Å². The average molecular weight is 304 g/mol. The van der Waals surface area contributed by atoms with Crippen LogP contribution in [0.25, 0.3) is 0 Å². The maximum atomic E-state index is 11.6. The maximum absolute atomic E-state index is 11.6.